The lowest BCUT2D eigenvalue weighted by Crippen LogP contribution is -2.38. The van der Waals surface area contributed by atoms with E-state index < -0.39 is 0 Å². The maximum absolute atomic E-state index is 3.59. The lowest BCUT2D eigenvalue weighted by Gasteiger charge is -2.27. The van der Waals surface area contributed by atoms with Crippen LogP contribution < -0.4 is 5.32 Å². The summed E-state index contributed by atoms with van der Waals surface area (Å²) in [5, 5.41) is 3.59. The smallest absolute Gasteiger partial charge is 0.0119 e. The molecule has 0 bridgehead atoms. The second-order valence-electron chi connectivity index (χ2n) is 5.80. The van der Waals surface area contributed by atoms with Crippen LogP contribution in [0.4, 0.5) is 0 Å². The quantitative estimate of drug-likeness (QED) is 0.622. The van der Waals surface area contributed by atoms with Crippen LogP contribution in [0, 0.1) is 5.92 Å². The molecular formula is C15H32N2. The Morgan fingerprint density at radius 1 is 1.18 bits per heavy atom. The van der Waals surface area contributed by atoms with Gasteiger partial charge in [0.1, 0.15) is 0 Å². The van der Waals surface area contributed by atoms with Gasteiger partial charge in [-0.15, -0.1) is 0 Å². The zero-order valence-electron chi connectivity index (χ0n) is 12.2. The molecule has 2 nitrogen and oxygen atoms in total. The van der Waals surface area contributed by atoms with E-state index in [0.29, 0.717) is 0 Å². The summed E-state index contributed by atoms with van der Waals surface area (Å²) in [6.45, 7) is 11.9. The molecule has 2 heteroatoms. The van der Waals surface area contributed by atoms with Gasteiger partial charge in [0.2, 0.25) is 0 Å². The van der Waals surface area contributed by atoms with Gasteiger partial charge in [0.25, 0.3) is 0 Å². The number of hydrogen-bond donors (Lipinski definition) is 1. The maximum Gasteiger partial charge on any atom is 0.0119 e. The standard InChI is InChI=1S/C15H32N2/c1-4-5-6-7-10-16-11-13-17-12-8-9-15(17)14(2)3/h14-16H,4-13H2,1-3H3. The molecule has 1 saturated heterocycles. The van der Waals surface area contributed by atoms with Crippen molar-refractivity contribution >= 4 is 0 Å². The van der Waals surface area contributed by atoms with Gasteiger partial charge in [0.05, 0.1) is 0 Å². The van der Waals surface area contributed by atoms with Crippen molar-refractivity contribution in [3.8, 4) is 0 Å². The van der Waals surface area contributed by atoms with Crippen molar-refractivity contribution in [1.82, 2.24) is 10.2 Å². The third-order valence-electron chi connectivity index (χ3n) is 3.97. The van der Waals surface area contributed by atoms with Crippen molar-refractivity contribution in [2.45, 2.75) is 65.3 Å². The zero-order valence-corrected chi connectivity index (χ0v) is 12.2. The van der Waals surface area contributed by atoms with Crippen LogP contribution in [-0.2, 0) is 0 Å². The van der Waals surface area contributed by atoms with E-state index >= 15 is 0 Å². The summed E-state index contributed by atoms with van der Waals surface area (Å²) >= 11 is 0. The first-order chi connectivity index (χ1) is 8.25. The van der Waals surface area contributed by atoms with Gasteiger partial charge in [-0.2, -0.15) is 0 Å². The first-order valence-corrected chi connectivity index (χ1v) is 7.70. The zero-order chi connectivity index (χ0) is 12.5. The summed E-state index contributed by atoms with van der Waals surface area (Å²) in [4.78, 5) is 2.68. The van der Waals surface area contributed by atoms with Crippen molar-refractivity contribution in [3.05, 3.63) is 0 Å². The van der Waals surface area contributed by atoms with E-state index in [1.807, 2.05) is 0 Å². The van der Waals surface area contributed by atoms with Gasteiger partial charge in [-0.25, -0.2) is 0 Å². The number of hydrogen-bond acceptors (Lipinski definition) is 2. The van der Waals surface area contributed by atoms with E-state index in [1.165, 1.54) is 64.7 Å². The summed E-state index contributed by atoms with van der Waals surface area (Å²) in [6, 6.07) is 0.844. The first-order valence-electron chi connectivity index (χ1n) is 7.70. The summed E-state index contributed by atoms with van der Waals surface area (Å²) < 4.78 is 0. The molecule has 1 aliphatic heterocycles. The SMILES string of the molecule is CCCCCCNCCN1CCCC1C(C)C. The molecular weight excluding hydrogens is 208 g/mol. The van der Waals surface area contributed by atoms with Crippen LogP contribution in [0.1, 0.15) is 59.3 Å². The van der Waals surface area contributed by atoms with E-state index in [9.17, 15) is 0 Å². The summed E-state index contributed by atoms with van der Waals surface area (Å²) in [6.07, 6.45) is 8.28. The van der Waals surface area contributed by atoms with Gasteiger partial charge >= 0.3 is 0 Å². The van der Waals surface area contributed by atoms with E-state index in [1.54, 1.807) is 0 Å². The lowest BCUT2D eigenvalue weighted by molar-refractivity contribution is 0.207. The van der Waals surface area contributed by atoms with E-state index in [4.69, 9.17) is 0 Å². The molecule has 0 aromatic carbocycles. The first kappa shape index (κ1) is 15.0. The van der Waals surface area contributed by atoms with E-state index in [-0.39, 0.29) is 0 Å². The summed E-state index contributed by atoms with van der Waals surface area (Å²) in [5.41, 5.74) is 0. The van der Waals surface area contributed by atoms with Crippen LogP contribution in [0.2, 0.25) is 0 Å². The van der Waals surface area contributed by atoms with E-state index in [2.05, 4.69) is 31.0 Å². The monoisotopic (exact) mass is 240 g/mol. The Morgan fingerprint density at radius 2 is 2.00 bits per heavy atom. The minimum Gasteiger partial charge on any atom is -0.315 e. The molecule has 1 rings (SSSR count). The van der Waals surface area contributed by atoms with Crippen molar-refractivity contribution in [2.75, 3.05) is 26.2 Å². The van der Waals surface area contributed by atoms with Crippen LogP contribution in [0.5, 0.6) is 0 Å². The van der Waals surface area contributed by atoms with Gasteiger partial charge in [0, 0.05) is 19.1 Å². The second-order valence-corrected chi connectivity index (χ2v) is 5.80. The lowest BCUT2D eigenvalue weighted by atomic mass is 10.0. The Balaban J connectivity index is 1.98. The van der Waals surface area contributed by atoms with Crippen LogP contribution in [0.25, 0.3) is 0 Å². The Hall–Kier alpha value is -0.0800. The fourth-order valence-corrected chi connectivity index (χ4v) is 2.91. The molecule has 0 aromatic heterocycles. The summed E-state index contributed by atoms with van der Waals surface area (Å²) in [7, 11) is 0. The fourth-order valence-electron chi connectivity index (χ4n) is 2.91. The number of rotatable bonds is 9. The van der Waals surface area contributed by atoms with Crippen LogP contribution in [-0.4, -0.2) is 37.1 Å². The molecule has 1 N–H and O–H groups in total. The molecule has 1 heterocycles. The highest BCUT2D eigenvalue weighted by atomic mass is 15.2. The number of nitrogens with one attached hydrogen (secondary N) is 1. The van der Waals surface area contributed by atoms with E-state index in [0.717, 1.165) is 12.0 Å². The molecule has 1 aliphatic rings. The largest absolute Gasteiger partial charge is 0.315 e. The highest BCUT2D eigenvalue weighted by molar-refractivity contribution is 4.81. The molecule has 0 saturated carbocycles. The highest BCUT2D eigenvalue weighted by Gasteiger charge is 2.25. The minimum atomic E-state index is 0.821. The van der Waals surface area contributed by atoms with Gasteiger partial charge in [0.15, 0.2) is 0 Å². The van der Waals surface area contributed by atoms with Gasteiger partial charge in [-0.3, -0.25) is 4.90 Å². The van der Waals surface area contributed by atoms with Crippen LogP contribution >= 0.6 is 0 Å². The maximum atomic E-state index is 3.59. The molecule has 17 heavy (non-hydrogen) atoms. The third-order valence-corrected chi connectivity index (χ3v) is 3.97. The summed E-state index contributed by atoms with van der Waals surface area (Å²) in [5.74, 6) is 0.821. The van der Waals surface area contributed by atoms with Crippen molar-refractivity contribution in [1.29, 1.82) is 0 Å². The molecule has 0 aliphatic carbocycles. The minimum absolute atomic E-state index is 0.821. The van der Waals surface area contributed by atoms with Crippen molar-refractivity contribution < 1.29 is 0 Å². The number of nitrogens with zero attached hydrogens (tertiary/aromatic N) is 1. The topological polar surface area (TPSA) is 15.3 Å². The van der Waals surface area contributed by atoms with Crippen LogP contribution in [0.3, 0.4) is 0 Å². The molecule has 0 radical (unpaired) electrons. The Morgan fingerprint density at radius 3 is 2.71 bits per heavy atom. The molecule has 0 aromatic rings. The average Bonchev–Trinajstić information content (AvgIpc) is 2.76. The third kappa shape index (κ3) is 5.87. The Kier molecular flexibility index (Phi) is 7.87. The van der Waals surface area contributed by atoms with Crippen LogP contribution in [0.15, 0.2) is 0 Å². The predicted molar refractivity (Wildman–Crippen MR) is 76.4 cm³/mol. The molecule has 0 spiro atoms. The highest BCUT2D eigenvalue weighted by Crippen LogP contribution is 2.22. The van der Waals surface area contributed by atoms with Gasteiger partial charge < -0.3 is 5.32 Å². The van der Waals surface area contributed by atoms with Crippen molar-refractivity contribution in [2.24, 2.45) is 5.92 Å². The number of likely N-dealkylation sites (tertiary alicyclic amines) is 1. The Bertz CT molecular complexity index is 180. The molecule has 1 fully saturated rings. The second kappa shape index (κ2) is 8.93. The normalized spacial score (nSPS) is 21.5. The Labute approximate surface area is 108 Å². The molecule has 1 atom stereocenters. The van der Waals surface area contributed by atoms with Crippen molar-refractivity contribution in [3.63, 3.8) is 0 Å². The molecule has 1 unspecified atom stereocenters. The molecule has 102 valence electrons. The predicted octanol–water partition coefficient (Wildman–Crippen LogP) is 3.28. The molecule has 0 amide bonds. The fraction of sp³-hybridized carbons (Fsp3) is 1.00. The van der Waals surface area contributed by atoms with Gasteiger partial charge in [-0.1, -0.05) is 40.0 Å². The van der Waals surface area contributed by atoms with Gasteiger partial charge in [-0.05, 0) is 38.3 Å². The average molecular weight is 240 g/mol. The number of unbranched alkanes of at least 4 members (excludes halogenated alkanes) is 3.